The second-order valence-electron chi connectivity index (χ2n) is 4.70. The number of anilines is 1. The number of rotatable bonds is 3. The van der Waals surface area contributed by atoms with Crippen molar-refractivity contribution in [2.75, 3.05) is 5.32 Å². The first kappa shape index (κ1) is 13.5. The van der Waals surface area contributed by atoms with Gasteiger partial charge in [-0.25, -0.2) is 0 Å². The van der Waals surface area contributed by atoms with Gasteiger partial charge in [0.25, 0.3) is 0 Å². The maximum absolute atomic E-state index is 6.28. The molecular weight excluding hydrogens is 338 g/mol. The molecule has 2 aromatic carbocycles. The molecule has 3 nitrogen and oxygen atoms in total. The van der Waals surface area contributed by atoms with Gasteiger partial charge in [0.05, 0.1) is 11.7 Å². The predicted molar refractivity (Wildman–Crippen MR) is 87.3 cm³/mol. The van der Waals surface area contributed by atoms with Crippen molar-refractivity contribution >= 4 is 44.1 Å². The Labute approximate surface area is 130 Å². The molecule has 0 aliphatic carbocycles. The van der Waals surface area contributed by atoms with Crippen LogP contribution in [0.25, 0.3) is 10.9 Å². The van der Waals surface area contributed by atoms with Crippen LogP contribution in [-0.4, -0.2) is 10.2 Å². The minimum Gasteiger partial charge on any atom is -0.378 e. The maximum Gasteiger partial charge on any atom is 0.0651 e. The lowest BCUT2D eigenvalue weighted by Crippen LogP contribution is -2.07. The van der Waals surface area contributed by atoms with Crippen molar-refractivity contribution in [2.24, 2.45) is 0 Å². The van der Waals surface area contributed by atoms with Crippen LogP contribution < -0.4 is 5.32 Å². The van der Waals surface area contributed by atoms with Crippen LogP contribution in [0.3, 0.4) is 0 Å². The van der Waals surface area contributed by atoms with Gasteiger partial charge in [-0.2, -0.15) is 5.10 Å². The average Bonchev–Trinajstić information content (AvgIpc) is 2.85. The normalized spacial score (nSPS) is 12.6. The molecule has 0 spiro atoms. The standard InChI is InChI=1S/C15H13BrClN3/c1-9(13-4-2-11(16)7-14(13)17)19-12-3-5-15-10(6-12)8-18-20-15/h2-9,19H,1H3,(H,18,20). The molecule has 0 radical (unpaired) electrons. The summed E-state index contributed by atoms with van der Waals surface area (Å²) in [5.41, 5.74) is 3.15. The highest BCUT2D eigenvalue weighted by atomic mass is 79.9. The fraction of sp³-hybridized carbons (Fsp3) is 0.133. The Morgan fingerprint density at radius 3 is 2.90 bits per heavy atom. The van der Waals surface area contributed by atoms with Gasteiger partial charge >= 0.3 is 0 Å². The molecule has 0 saturated carbocycles. The SMILES string of the molecule is CC(Nc1ccc2[nH]ncc2c1)c1ccc(Br)cc1Cl. The summed E-state index contributed by atoms with van der Waals surface area (Å²) in [6, 6.07) is 12.2. The second-order valence-corrected chi connectivity index (χ2v) is 6.03. The Kier molecular flexibility index (Phi) is 3.68. The second kappa shape index (κ2) is 5.46. The molecule has 102 valence electrons. The molecule has 1 unspecified atom stereocenters. The molecule has 5 heteroatoms. The molecule has 0 aliphatic rings. The number of H-pyrrole nitrogens is 1. The minimum absolute atomic E-state index is 0.125. The molecule has 20 heavy (non-hydrogen) atoms. The summed E-state index contributed by atoms with van der Waals surface area (Å²) < 4.78 is 0.985. The number of benzene rings is 2. The van der Waals surface area contributed by atoms with Gasteiger partial charge < -0.3 is 5.32 Å². The molecule has 0 bridgehead atoms. The van der Waals surface area contributed by atoms with Gasteiger partial charge in [-0.3, -0.25) is 5.10 Å². The third-order valence-electron chi connectivity index (χ3n) is 3.25. The zero-order valence-corrected chi connectivity index (χ0v) is 13.2. The van der Waals surface area contributed by atoms with Crippen molar-refractivity contribution in [1.29, 1.82) is 0 Å². The van der Waals surface area contributed by atoms with Gasteiger partial charge in [-0.15, -0.1) is 0 Å². The quantitative estimate of drug-likeness (QED) is 0.685. The number of halogens is 2. The topological polar surface area (TPSA) is 40.7 Å². The Morgan fingerprint density at radius 1 is 1.25 bits per heavy atom. The van der Waals surface area contributed by atoms with Crippen molar-refractivity contribution in [3.8, 4) is 0 Å². The van der Waals surface area contributed by atoms with Crippen LogP contribution in [0.1, 0.15) is 18.5 Å². The zero-order chi connectivity index (χ0) is 14.1. The molecule has 2 N–H and O–H groups in total. The van der Waals surface area contributed by atoms with Crippen LogP contribution in [-0.2, 0) is 0 Å². The van der Waals surface area contributed by atoms with Crippen molar-refractivity contribution in [1.82, 2.24) is 10.2 Å². The Balaban J connectivity index is 1.85. The molecule has 3 rings (SSSR count). The third kappa shape index (κ3) is 2.67. The highest BCUT2D eigenvalue weighted by Gasteiger charge is 2.10. The van der Waals surface area contributed by atoms with Gasteiger partial charge in [0.15, 0.2) is 0 Å². The lowest BCUT2D eigenvalue weighted by Gasteiger charge is -2.17. The Morgan fingerprint density at radius 2 is 2.10 bits per heavy atom. The van der Waals surface area contributed by atoms with E-state index in [0.717, 1.165) is 31.6 Å². The van der Waals surface area contributed by atoms with Crippen LogP contribution in [0, 0.1) is 0 Å². The highest BCUT2D eigenvalue weighted by Crippen LogP contribution is 2.29. The van der Waals surface area contributed by atoms with E-state index in [1.54, 1.807) is 0 Å². The molecule has 1 heterocycles. The van der Waals surface area contributed by atoms with Crippen molar-refractivity contribution in [3.63, 3.8) is 0 Å². The molecule has 3 aromatic rings. The van der Waals surface area contributed by atoms with Crippen molar-refractivity contribution < 1.29 is 0 Å². The largest absolute Gasteiger partial charge is 0.378 e. The van der Waals surface area contributed by atoms with Gasteiger partial charge in [0, 0.05) is 26.6 Å². The fourth-order valence-corrected chi connectivity index (χ4v) is 3.05. The van der Waals surface area contributed by atoms with Crippen LogP contribution in [0.2, 0.25) is 5.02 Å². The summed E-state index contributed by atoms with van der Waals surface area (Å²) >= 11 is 9.70. The van der Waals surface area contributed by atoms with Crippen LogP contribution in [0.5, 0.6) is 0 Å². The Hall–Kier alpha value is -1.52. The molecule has 1 atom stereocenters. The van der Waals surface area contributed by atoms with Crippen LogP contribution >= 0.6 is 27.5 Å². The van der Waals surface area contributed by atoms with Crippen molar-refractivity contribution in [3.05, 3.63) is 57.7 Å². The smallest absolute Gasteiger partial charge is 0.0651 e. The number of fused-ring (bicyclic) bond motifs is 1. The van der Waals surface area contributed by atoms with Gasteiger partial charge in [-0.05, 0) is 42.8 Å². The van der Waals surface area contributed by atoms with E-state index in [2.05, 4.69) is 44.4 Å². The van der Waals surface area contributed by atoms with E-state index in [1.165, 1.54) is 0 Å². The zero-order valence-electron chi connectivity index (χ0n) is 10.8. The number of nitrogens with zero attached hydrogens (tertiary/aromatic N) is 1. The number of hydrogen-bond acceptors (Lipinski definition) is 2. The molecule has 0 saturated heterocycles. The number of aromatic nitrogens is 2. The summed E-state index contributed by atoms with van der Waals surface area (Å²) in [6.45, 7) is 2.09. The van der Waals surface area contributed by atoms with E-state index in [1.807, 2.05) is 36.5 Å². The molecular formula is C15H13BrClN3. The summed E-state index contributed by atoms with van der Waals surface area (Å²) in [6.07, 6.45) is 1.82. The van der Waals surface area contributed by atoms with Crippen LogP contribution in [0.4, 0.5) is 5.69 Å². The molecule has 1 aromatic heterocycles. The van der Waals surface area contributed by atoms with E-state index >= 15 is 0 Å². The van der Waals surface area contributed by atoms with Gasteiger partial charge in [-0.1, -0.05) is 33.6 Å². The molecule has 0 aliphatic heterocycles. The Bertz CT molecular complexity index is 754. The number of hydrogen-bond donors (Lipinski definition) is 2. The van der Waals surface area contributed by atoms with E-state index < -0.39 is 0 Å². The first-order chi connectivity index (χ1) is 9.63. The van der Waals surface area contributed by atoms with E-state index in [9.17, 15) is 0 Å². The van der Waals surface area contributed by atoms with Gasteiger partial charge in [0.1, 0.15) is 0 Å². The summed E-state index contributed by atoms with van der Waals surface area (Å²) in [7, 11) is 0. The third-order valence-corrected chi connectivity index (χ3v) is 4.07. The minimum atomic E-state index is 0.125. The summed E-state index contributed by atoms with van der Waals surface area (Å²) in [5.74, 6) is 0. The number of aromatic amines is 1. The lowest BCUT2D eigenvalue weighted by molar-refractivity contribution is 0.885. The molecule has 0 fully saturated rings. The lowest BCUT2D eigenvalue weighted by atomic mass is 10.1. The summed E-state index contributed by atoms with van der Waals surface area (Å²) in [5, 5.41) is 12.3. The monoisotopic (exact) mass is 349 g/mol. The number of nitrogens with one attached hydrogen (secondary N) is 2. The first-order valence-corrected chi connectivity index (χ1v) is 7.45. The van der Waals surface area contributed by atoms with E-state index in [4.69, 9.17) is 11.6 Å². The highest BCUT2D eigenvalue weighted by molar-refractivity contribution is 9.10. The van der Waals surface area contributed by atoms with E-state index in [-0.39, 0.29) is 6.04 Å². The van der Waals surface area contributed by atoms with Crippen LogP contribution in [0.15, 0.2) is 47.1 Å². The maximum atomic E-state index is 6.28. The predicted octanol–water partition coefficient (Wildman–Crippen LogP) is 5.15. The average molecular weight is 351 g/mol. The summed E-state index contributed by atoms with van der Waals surface area (Å²) in [4.78, 5) is 0. The molecule has 0 amide bonds. The van der Waals surface area contributed by atoms with Gasteiger partial charge in [0.2, 0.25) is 0 Å². The fourth-order valence-electron chi connectivity index (χ4n) is 2.21. The first-order valence-electron chi connectivity index (χ1n) is 6.28. The van der Waals surface area contributed by atoms with Crippen molar-refractivity contribution in [2.45, 2.75) is 13.0 Å². The van der Waals surface area contributed by atoms with E-state index in [0.29, 0.717) is 0 Å².